The van der Waals surface area contributed by atoms with Gasteiger partial charge in [0.15, 0.2) is 0 Å². The number of aliphatic hydroxyl groups excluding tert-OH is 1. The maximum Gasteiger partial charge on any atom is 0.295 e. The summed E-state index contributed by atoms with van der Waals surface area (Å²) in [4.78, 5) is 27.3. The first-order chi connectivity index (χ1) is 15.2. The van der Waals surface area contributed by atoms with Crippen molar-refractivity contribution in [3.63, 3.8) is 0 Å². The predicted molar refractivity (Wildman–Crippen MR) is 124 cm³/mol. The molecule has 3 rings (SSSR count). The second-order valence-corrected chi connectivity index (χ2v) is 8.54. The van der Waals surface area contributed by atoms with Crippen LogP contribution < -0.4 is 4.74 Å². The van der Waals surface area contributed by atoms with E-state index in [0.717, 1.165) is 0 Å². The lowest BCUT2D eigenvalue weighted by atomic mass is 9.95. The van der Waals surface area contributed by atoms with Crippen LogP contribution in [0.5, 0.6) is 5.75 Å². The Bertz CT molecular complexity index is 1030. The number of aliphatic hydroxyl groups is 1. The number of hydrogen-bond donors (Lipinski definition) is 1. The Labute approximate surface area is 197 Å². The summed E-state index contributed by atoms with van der Waals surface area (Å²) in [6.07, 6.45) is 0.519. The Balaban J connectivity index is 2.09. The second-order valence-electron chi connectivity index (χ2n) is 7.70. The van der Waals surface area contributed by atoms with Gasteiger partial charge in [-0.1, -0.05) is 29.3 Å². The number of methoxy groups -OCH3 is 1. The average molecular weight is 478 g/mol. The van der Waals surface area contributed by atoms with Crippen molar-refractivity contribution in [3.8, 4) is 5.75 Å². The molecule has 2 aromatic rings. The highest BCUT2D eigenvalue weighted by Gasteiger charge is 2.46. The van der Waals surface area contributed by atoms with Gasteiger partial charge in [-0.3, -0.25) is 9.59 Å². The fourth-order valence-electron chi connectivity index (χ4n) is 3.66. The van der Waals surface area contributed by atoms with Gasteiger partial charge in [0.25, 0.3) is 11.7 Å². The maximum absolute atomic E-state index is 13.0. The summed E-state index contributed by atoms with van der Waals surface area (Å²) >= 11 is 12.5. The lowest BCUT2D eigenvalue weighted by molar-refractivity contribution is -0.140. The highest BCUT2D eigenvalue weighted by Crippen LogP contribution is 2.42. The zero-order valence-electron chi connectivity index (χ0n) is 18.1. The van der Waals surface area contributed by atoms with Crippen molar-refractivity contribution in [2.75, 3.05) is 20.3 Å². The van der Waals surface area contributed by atoms with Crippen molar-refractivity contribution in [2.45, 2.75) is 32.4 Å². The predicted octanol–water partition coefficient (Wildman–Crippen LogP) is 5.24. The van der Waals surface area contributed by atoms with E-state index < -0.39 is 17.7 Å². The molecule has 2 aromatic carbocycles. The fraction of sp³-hybridized carbons (Fsp3) is 0.333. The molecule has 1 aliphatic heterocycles. The summed E-state index contributed by atoms with van der Waals surface area (Å²) in [6.45, 7) is 4.50. The summed E-state index contributed by atoms with van der Waals surface area (Å²) in [5, 5.41) is 11.8. The van der Waals surface area contributed by atoms with E-state index >= 15 is 0 Å². The molecule has 1 fully saturated rings. The Morgan fingerprint density at radius 2 is 1.81 bits per heavy atom. The lowest BCUT2D eigenvalue weighted by Crippen LogP contribution is -2.31. The SMILES string of the molecule is COCCCN1C(=O)C(=O)/C(=C(\O)c2ccc(OC(C)C)cc2)C1c1ccc(Cl)cc1Cl. The van der Waals surface area contributed by atoms with Crippen molar-refractivity contribution in [2.24, 2.45) is 0 Å². The van der Waals surface area contributed by atoms with Crippen LogP contribution in [0, 0.1) is 0 Å². The number of rotatable bonds is 8. The number of likely N-dealkylation sites (tertiary alicyclic amines) is 1. The van der Waals surface area contributed by atoms with Crippen molar-refractivity contribution < 1.29 is 24.2 Å². The highest BCUT2D eigenvalue weighted by atomic mass is 35.5. The Morgan fingerprint density at radius 3 is 2.41 bits per heavy atom. The molecule has 0 saturated carbocycles. The molecule has 170 valence electrons. The molecule has 1 unspecified atom stereocenters. The molecule has 6 nitrogen and oxygen atoms in total. The molecule has 1 amide bonds. The molecule has 1 saturated heterocycles. The maximum atomic E-state index is 13.0. The van der Waals surface area contributed by atoms with E-state index in [-0.39, 0.29) is 24.0 Å². The van der Waals surface area contributed by atoms with Gasteiger partial charge in [-0.15, -0.1) is 0 Å². The number of benzene rings is 2. The van der Waals surface area contributed by atoms with Crippen LogP contribution in [-0.4, -0.2) is 48.1 Å². The number of ketones is 1. The third-order valence-electron chi connectivity index (χ3n) is 5.04. The van der Waals surface area contributed by atoms with Gasteiger partial charge in [0.2, 0.25) is 0 Å². The summed E-state index contributed by atoms with van der Waals surface area (Å²) in [7, 11) is 1.56. The molecular weight excluding hydrogens is 453 g/mol. The van der Waals surface area contributed by atoms with E-state index in [0.29, 0.717) is 39.9 Å². The van der Waals surface area contributed by atoms with E-state index in [4.69, 9.17) is 32.7 Å². The Morgan fingerprint density at radius 1 is 1.12 bits per heavy atom. The summed E-state index contributed by atoms with van der Waals surface area (Å²) in [6, 6.07) is 10.7. The Kier molecular flexibility index (Phi) is 7.82. The first-order valence-electron chi connectivity index (χ1n) is 10.2. The van der Waals surface area contributed by atoms with Gasteiger partial charge >= 0.3 is 0 Å². The van der Waals surface area contributed by atoms with E-state index in [9.17, 15) is 14.7 Å². The number of carbonyl (C=O) groups excluding carboxylic acids is 2. The summed E-state index contributed by atoms with van der Waals surface area (Å²) < 4.78 is 10.7. The first kappa shape index (κ1) is 24.1. The largest absolute Gasteiger partial charge is 0.507 e. The van der Waals surface area contributed by atoms with Crippen molar-refractivity contribution >= 4 is 40.7 Å². The second kappa shape index (κ2) is 10.4. The van der Waals surface area contributed by atoms with Crippen molar-refractivity contribution in [1.82, 2.24) is 4.90 Å². The van der Waals surface area contributed by atoms with Gasteiger partial charge in [-0.2, -0.15) is 0 Å². The van der Waals surface area contributed by atoms with E-state index in [1.54, 1.807) is 49.6 Å². The summed E-state index contributed by atoms with van der Waals surface area (Å²) in [5.41, 5.74) is 0.884. The van der Waals surface area contributed by atoms with Crippen LogP contribution in [-0.2, 0) is 14.3 Å². The number of ether oxygens (including phenoxy) is 2. The number of carbonyl (C=O) groups is 2. The van der Waals surface area contributed by atoms with Crippen molar-refractivity contribution in [3.05, 3.63) is 69.2 Å². The van der Waals surface area contributed by atoms with Gasteiger partial charge in [-0.05, 0) is 62.2 Å². The van der Waals surface area contributed by atoms with Gasteiger partial charge in [0, 0.05) is 35.9 Å². The van der Waals surface area contributed by atoms with Crippen LogP contribution in [0.1, 0.15) is 37.4 Å². The monoisotopic (exact) mass is 477 g/mol. The van der Waals surface area contributed by atoms with Crippen LogP contribution in [0.25, 0.3) is 5.76 Å². The minimum Gasteiger partial charge on any atom is -0.507 e. The number of nitrogens with zero attached hydrogens (tertiary/aromatic N) is 1. The minimum absolute atomic E-state index is 0.00100. The smallest absolute Gasteiger partial charge is 0.295 e. The molecule has 1 aliphatic rings. The average Bonchev–Trinajstić information content (AvgIpc) is 2.98. The quantitative estimate of drug-likeness (QED) is 0.243. The first-order valence-corrected chi connectivity index (χ1v) is 11.0. The molecule has 0 aromatic heterocycles. The number of halogens is 2. The van der Waals surface area contributed by atoms with E-state index in [2.05, 4.69) is 0 Å². The van der Waals surface area contributed by atoms with E-state index in [1.165, 1.54) is 4.90 Å². The molecule has 0 spiro atoms. The molecule has 32 heavy (non-hydrogen) atoms. The third-order valence-corrected chi connectivity index (χ3v) is 5.61. The van der Waals surface area contributed by atoms with Crippen molar-refractivity contribution in [1.29, 1.82) is 0 Å². The third kappa shape index (κ3) is 5.09. The molecule has 0 radical (unpaired) electrons. The standard InChI is InChI=1S/C24H25Cl2NO5/c1-14(2)32-17-8-5-15(6-9-17)22(28)20-21(18-10-7-16(25)13-19(18)26)27(11-4-12-31-3)24(30)23(20)29/h5-10,13-14,21,28H,4,11-12H2,1-3H3/b22-20-. The molecule has 1 N–H and O–H groups in total. The highest BCUT2D eigenvalue weighted by molar-refractivity contribution is 6.47. The van der Waals surface area contributed by atoms with Gasteiger partial charge in [-0.25, -0.2) is 0 Å². The van der Waals surface area contributed by atoms with Crippen LogP contribution in [0.2, 0.25) is 10.0 Å². The molecule has 1 heterocycles. The number of Topliss-reactive ketones (excluding diaryl/α,β-unsaturated/α-hetero) is 1. The molecule has 1 atom stereocenters. The van der Waals surface area contributed by atoms with Crippen LogP contribution in [0.4, 0.5) is 0 Å². The fourth-order valence-corrected chi connectivity index (χ4v) is 4.17. The van der Waals surface area contributed by atoms with Crippen LogP contribution in [0.15, 0.2) is 48.0 Å². The zero-order valence-corrected chi connectivity index (χ0v) is 19.6. The Hall–Kier alpha value is -2.54. The van der Waals surface area contributed by atoms with E-state index in [1.807, 2.05) is 13.8 Å². The molecular formula is C24H25Cl2NO5. The minimum atomic E-state index is -0.844. The van der Waals surface area contributed by atoms with Crippen LogP contribution in [0.3, 0.4) is 0 Å². The molecule has 0 aliphatic carbocycles. The molecule has 8 heteroatoms. The van der Waals surface area contributed by atoms with Crippen LogP contribution >= 0.6 is 23.2 Å². The van der Waals surface area contributed by atoms with Gasteiger partial charge < -0.3 is 19.5 Å². The van der Waals surface area contributed by atoms with Gasteiger partial charge in [0.05, 0.1) is 17.7 Å². The lowest BCUT2D eigenvalue weighted by Gasteiger charge is -2.26. The van der Waals surface area contributed by atoms with Gasteiger partial charge in [0.1, 0.15) is 11.5 Å². The summed E-state index contributed by atoms with van der Waals surface area (Å²) in [5.74, 6) is -1.10. The number of hydrogen-bond acceptors (Lipinski definition) is 5. The molecule has 0 bridgehead atoms. The number of amides is 1. The normalized spacial score (nSPS) is 17.9. The zero-order chi connectivity index (χ0) is 23.4. The topological polar surface area (TPSA) is 76.1 Å².